The molecule has 2 aliphatic heterocycles. The molecular weight excluding hydrogens is 334 g/mol. The maximum atomic E-state index is 12.5. The molecule has 24 heavy (non-hydrogen) atoms. The molecule has 8 nitrogen and oxygen atoms in total. The lowest BCUT2D eigenvalue weighted by atomic mass is 9.84. The molecule has 9 heteroatoms. The number of carbonyl (C=O) groups is 3. The third kappa shape index (κ3) is 3.71. The Balaban J connectivity index is 1.55. The largest absolute Gasteiger partial charge is 0.351 e. The Morgan fingerprint density at radius 2 is 1.88 bits per heavy atom. The lowest BCUT2D eigenvalue weighted by Gasteiger charge is -2.25. The van der Waals surface area contributed by atoms with Crippen LogP contribution < -0.4 is 10.6 Å². The first-order chi connectivity index (χ1) is 11.4. The number of sulfone groups is 1. The molecule has 2 N–H and O–H groups in total. The summed E-state index contributed by atoms with van der Waals surface area (Å²) in [6.07, 6.45) is 5.47. The van der Waals surface area contributed by atoms with E-state index in [1.807, 2.05) is 0 Å². The molecule has 3 fully saturated rings. The van der Waals surface area contributed by atoms with Crippen molar-refractivity contribution in [3.63, 3.8) is 0 Å². The molecule has 4 amide bonds. The number of nitrogens with one attached hydrogen (secondary N) is 2. The average molecular weight is 357 g/mol. The van der Waals surface area contributed by atoms with E-state index in [9.17, 15) is 22.8 Å². The number of hydrogen-bond acceptors (Lipinski definition) is 5. The smallest absolute Gasteiger partial charge is 0.325 e. The van der Waals surface area contributed by atoms with E-state index in [1.165, 1.54) is 0 Å². The quantitative estimate of drug-likeness (QED) is 0.676. The SMILES string of the molecule is O=C(CN1C(=O)N[C@H](C2CCCCC2)C1=O)N[C@@H]1CCS(=O)(=O)C1. The number of nitrogens with zero attached hydrogens (tertiary/aromatic N) is 1. The highest BCUT2D eigenvalue weighted by Crippen LogP contribution is 2.29. The molecule has 0 aromatic heterocycles. The van der Waals surface area contributed by atoms with Crippen molar-refractivity contribution in [3.8, 4) is 0 Å². The molecule has 0 aromatic rings. The molecule has 0 spiro atoms. The van der Waals surface area contributed by atoms with Crippen LogP contribution in [0.25, 0.3) is 0 Å². The molecule has 1 aliphatic carbocycles. The van der Waals surface area contributed by atoms with Crippen molar-refractivity contribution >= 4 is 27.7 Å². The summed E-state index contributed by atoms with van der Waals surface area (Å²) in [7, 11) is -3.09. The minimum Gasteiger partial charge on any atom is -0.351 e. The van der Waals surface area contributed by atoms with Gasteiger partial charge in [-0.2, -0.15) is 0 Å². The number of amides is 4. The molecule has 2 atom stereocenters. The highest BCUT2D eigenvalue weighted by molar-refractivity contribution is 7.91. The topological polar surface area (TPSA) is 113 Å². The fourth-order valence-electron chi connectivity index (χ4n) is 3.80. The maximum absolute atomic E-state index is 12.5. The Kier molecular flexibility index (Phi) is 4.80. The van der Waals surface area contributed by atoms with E-state index in [0.717, 1.165) is 37.0 Å². The van der Waals surface area contributed by atoms with Crippen molar-refractivity contribution in [2.75, 3.05) is 18.1 Å². The summed E-state index contributed by atoms with van der Waals surface area (Å²) >= 11 is 0. The van der Waals surface area contributed by atoms with Gasteiger partial charge >= 0.3 is 6.03 Å². The molecule has 3 aliphatic rings. The Hall–Kier alpha value is -1.64. The second kappa shape index (κ2) is 6.70. The molecule has 1 saturated carbocycles. The first kappa shape index (κ1) is 17.2. The fourth-order valence-corrected chi connectivity index (χ4v) is 5.48. The van der Waals surface area contributed by atoms with E-state index < -0.39 is 33.9 Å². The second-order valence-electron chi connectivity index (χ2n) is 6.92. The monoisotopic (exact) mass is 357 g/mol. The van der Waals surface area contributed by atoms with E-state index in [2.05, 4.69) is 10.6 Å². The standard InChI is InChI=1S/C15H23N3O5S/c19-12(16-11-6-7-24(22,23)9-11)8-18-14(20)13(17-15(18)21)10-4-2-1-3-5-10/h10-11,13H,1-9H2,(H,16,19)(H,17,21)/t11-,13-/m1/s1. The third-order valence-corrected chi connectivity index (χ3v) is 6.84. The summed E-state index contributed by atoms with van der Waals surface area (Å²) in [6, 6.07) is -1.50. The van der Waals surface area contributed by atoms with Crippen LogP contribution in [0.4, 0.5) is 4.79 Å². The van der Waals surface area contributed by atoms with Gasteiger partial charge in [-0.05, 0) is 25.2 Å². The van der Waals surface area contributed by atoms with Gasteiger partial charge < -0.3 is 10.6 Å². The number of hydrogen-bond donors (Lipinski definition) is 2. The van der Waals surface area contributed by atoms with Crippen LogP contribution in [0.5, 0.6) is 0 Å². The molecule has 0 radical (unpaired) electrons. The van der Waals surface area contributed by atoms with Crippen molar-refractivity contribution in [2.45, 2.75) is 50.6 Å². The van der Waals surface area contributed by atoms with E-state index >= 15 is 0 Å². The number of carbonyl (C=O) groups excluding carboxylic acids is 3. The molecule has 0 aromatic carbocycles. The number of imide groups is 1. The Morgan fingerprint density at radius 3 is 2.50 bits per heavy atom. The highest BCUT2D eigenvalue weighted by Gasteiger charge is 2.43. The van der Waals surface area contributed by atoms with Crippen LogP contribution in [0, 0.1) is 5.92 Å². The van der Waals surface area contributed by atoms with Crippen LogP contribution >= 0.6 is 0 Å². The predicted octanol–water partition coefficient (Wildman–Crippen LogP) is -0.210. The summed E-state index contributed by atoms with van der Waals surface area (Å²) in [5.74, 6) is -0.719. The normalized spacial score (nSPS) is 30.4. The lowest BCUT2D eigenvalue weighted by Crippen LogP contribution is -2.45. The van der Waals surface area contributed by atoms with Crippen molar-refractivity contribution in [3.05, 3.63) is 0 Å². The van der Waals surface area contributed by atoms with Crippen molar-refractivity contribution in [1.82, 2.24) is 15.5 Å². The van der Waals surface area contributed by atoms with E-state index in [-0.39, 0.29) is 29.9 Å². The van der Waals surface area contributed by atoms with Crippen LogP contribution in [-0.2, 0) is 19.4 Å². The van der Waals surface area contributed by atoms with Gasteiger partial charge in [0.2, 0.25) is 5.91 Å². The average Bonchev–Trinajstić information content (AvgIpc) is 3.01. The van der Waals surface area contributed by atoms with Gasteiger partial charge in [-0.15, -0.1) is 0 Å². The molecule has 3 rings (SSSR count). The minimum absolute atomic E-state index is 0.0603. The van der Waals surface area contributed by atoms with Gasteiger partial charge in [-0.3, -0.25) is 14.5 Å². The zero-order valence-electron chi connectivity index (χ0n) is 13.5. The molecular formula is C15H23N3O5S. The van der Waals surface area contributed by atoms with Crippen LogP contribution in [-0.4, -0.2) is 61.3 Å². The lowest BCUT2D eigenvalue weighted by molar-refractivity contribution is -0.133. The van der Waals surface area contributed by atoms with Gasteiger partial charge in [0.1, 0.15) is 12.6 Å². The fraction of sp³-hybridized carbons (Fsp3) is 0.800. The third-order valence-electron chi connectivity index (χ3n) is 5.08. The Morgan fingerprint density at radius 1 is 1.17 bits per heavy atom. The maximum Gasteiger partial charge on any atom is 0.325 e. The summed E-state index contributed by atoms with van der Waals surface area (Å²) in [6.45, 7) is -0.357. The Bertz CT molecular complexity index is 641. The molecule has 0 unspecified atom stereocenters. The number of urea groups is 1. The summed E-state index contributed by atoms with van der Waals surface area (Å²) in [5, 5.41) is 5.30. The first-order valence-electron chi connectivity index (χ1n) is 8.47. The summed E-state index contributed by atoms with van der Waals surface area (Å²) in [5.41, 5.74) is 0. The first-order valence-corrected chi connectivity index (χ1v) is 10.3. The van der Waals surface area contributed by atoms with Gasteiger partial charge in [0.05, 0.1) is 11.5 Å². The summed E-state index contributed by atoms with van der Waals surface area (Å²) < 4.78 is 22.8. The van der Waals surface area contributed by atoms with Gasteiger partial charge in [0, 0.05) is 6.04 Å². The van der Waals surface area contributed by atoms with Gasteiger partial charge in [0.25, 0.3) is 5.91 Å². The Labute approximate surface area is 141 Å². The second-order valence-corrected chi connectivity index (χ2v) is 9.15. The zero-order valence-corrected chi connectivity index (χ0v) is 14.3. The predicted molar refractivity (Wildman–Crippen MR) is 85.8 cm³/mol. The molecule has 134 valence electrons. The van der Waals surface area contributed by atoms with Gasteiger partial charge in [-0.25, -0.2) is 13.2 Å². The minimum atomic E-state index is -3.09. The molecule has 2 saturated heterocycles. The van der Waals surface area contributed by atoms with Gasteiger partial charge in [-0.1, -0.05) is 19.3 Å². The van der Waals surface area contributed by atoms with Crippen LogP contribution in [0.3, 0.4) is 0 Å². The van der Waals surface area contributed by atoms with Crippen molar-refractivity contribution in [2.24, 2.45) is 5.92 Å². The van der Waals surface area contributed by atoms with Crippen LogP contribution in [0.1, 0.15) is 38.5 Å². The van der Waals surface area contributed by atoms with E-state index in [1.54, 1.807) is 0 Å². The highest BCUT2D eigenvalue weighted by atomic mass is 32.2. The van der Waals surface area contributed by atoms with Crippen molar-refractivity contribution in [1.29, 1.82) is 0 Å². The van der Waals surface area contributed by atoms with E-state index in [4.69, 9.17) is 0 Å². The van der Waals surface area contributed by atoms with E-state index in [0.29, 0.717) is 6.42 Å². The number of rotatable bonds is 4. The van der Waals surface area contributed by atoms with Gasteiger partial charge in [0.15, 0.2) is 9.84 Å². The summed E-state index contributed by atoms with van der Waals surface area (Å²) in [4.78, 5) is 37.5. The van der Waals surface area contributed by atoms with Crippen molar-refractivity contribution < 1.29 is 22.8 Å². The van der Waals surface area contributed by atoms with Crippen LogP contribution in [0.2, 0.25) is 0 Å². The molecule has 2 heterocycles. The zero-order chi connectivity index (χ0) is 17.3. The van der Waals surface area contributed by atoms with Crippen LogP contribution in [0.15, 0.2) is 0 Å². The molecule has 0 bridgehead atoms.